The van der Waals surface area contributed by atoms with Crippen LogP contribution in [0.2, 0.25) is 0 Å². The van der Waals surface area contributed by atoms with Crippen molar-refractivity contribution in [3.63, 3.8) is 0 Å². The fraction of sp³-hybridized carbons (Fsp3) is 0.923. The van der Waals surface area contributed by atoms with Crippen molar-refractivity contribution in [1.29, 1.82) is 0 Å². The van der Waals surface area contributed by atoms with Gasteiger partial charge in [0.15, 0.2) is 0 Å². The highest BCUT2D eigenvalue weighted by molar-refractivity contribution is 7.88. The predicted molar refractivity (Wildman–Crippen MR) is 77.3 cm³/mol. The van der Waals surface area contributed by atoms with Gasteiger partial charge in [0.2, 0.25) is 10.0 Å². The zero-order valence-electron chi connectivity index (χ0n) is 12.3. The fourth-order valence-corrected chi connectivity index (χ4v) is 5.28. The van der Waals surface area contributed by atoms with Crippen LogP contribution in [0.25, 0.3) is 0 Å². The molecule has 0 aromatic heterocycles. The average molecular weight is 314 g/mol. The van der Waals surface area contributed by atoms with E-state index in [1.807, 2.05) is 4.90 Å². The SMILES string of the molecule is CS(=O)(=O)NCC12CC(N3CC4CNCCN4C3=O)(C1)C2. The van der Waals surface area contributed by atoms with Crippen molar-refractivity contribution in [3.05, 3.63) is 0 Å². The van der Waals surface area contributed by atoms with Crippen LogP contribution in [0.15, 0.2) is 0 Å². The summed E-state index contributed by atoms with van der Waals surface area (Å²) in [5.74, 6) is 0. The summed E-state index contributed by atoms with van der Waals surface area (Å²) in [6.07, 6.45) is 4.04. The number of nitrogens with one attached hydrogen (secondary N) is 2. The van der Waals surface area contributed by atoms with Gasteiger partial charge in [-0.1, -0.05) is 0 Å². The second kappa shape index (κ2) is 4.11. The number of sulfonamides is 1. The van der Waals surface area contributed by atoms with Crippen LogP contribution in [0.1, 0.15) is 19.3 Å². The minimum atomic E-state index is -3.12. The van der Waals surface area contributed by atoms with Crippen molar-refractivity contribution in [2.45, 2.75) is 30.8 Å². The Morgan fingerprint density at radius 1 is 1.38 bits per heavy atom. The van der Waals surface area contributed by atoms with Gasteiger partial charge in [0, 0.05) is 38.3 Å². The standard InChI is InChI=1S/C13H22N4O3S/c1-21(19,20)15-9-12-6-13(7-12,8-12)17-5-10-4-14-2-3-16(10)11(17)18/h10,14-15H,2-9H2,1H3. The lowest BCUT2D eigenvalue weighted by Gasteiger charge is -2.73. The van der Waals surface area contributed by atoms with Gasteiger partial charge in [-0.05, 0) is 24.7 Å². The van der Waals surface area contributed by atoms with Crippen molar-refractivity contribution < 1.29 is 13.2 Å². The Bertz CT molecular complexity index is 570. The number of hydrogen-bond acceptors (Lipinski definition) is 4. The van der Waals surface area contributed by atoms with Crippen LogP contribution in [0.3, 0.4) is 0 Å². The van der Waals surface area contributed by atoms with Crippen LogP contribution in [0.4, 0.5) is 4.79 Å². The molecule has 2 heterocycles. The lowest BCUT2D eigenvalue weighted by molar-refractivity contribution is -0.194. The number of amides is 2. The third-order valence-corrected chi connectivity index (χ3v) is 6.28. The molecule has 3 aliphatic carbocycles. The Morgan fingerprint density at radius 3 is 2.71 bits per heavy atom. The summed E-state index contributed by atoms with van der Waals surface area (Å²) in [4.78, 5) is 16.6. The van der Waals surface area contributed by atoms with Crippen LogP contribution in [-0.4, -0.2) is 74.8 Å². The Kier molecular flexibility index (Phi) is 2.70. The Morgan fingerprint density at radius 2 is 2.10 bits per heavy atom. The molecule has 2 amide bonds. The van der Waals surface area contributed by atoms with E-state index >= 15 is 0 Å². The number of hydrogen-bond donors (Lipinski definition) is 2. The highest BCUT2D eigenvalue weighted by Gasteiger charge is 2.72. The molecule has 5 fully saturated rings. The Labute approximate surface area is 125 Å². The van der Waals surface area contributed by atoms with E-state index in [9.17, 15) is 13.2 Å². The normalized spacial score (nSPS) is 41.6. The van der Waals surface area contributed by atoms with Gasteiger partial charge in [-0.2, -0.15) is 0 Å². The van der Waals surface area contributed by atoms with Crippen molar-refractivity contribution in [3.8, 4) is 0 Å². The average Bonchev–Trinajstić information content (AvgIpc) is 2.63. The second-order valence-electron chi connectivity index (χ2n) is 7.29. The minimum absolute atomic E-state index is 0.0214. The summed E-state index contributed by atoms with van der Waals surface area (Å²) in [6, 6.07) is 0.497. The highest BCUT2D eigenvalue weighted by Crippen LogP contribution is 2.70. The lowest BCUT2D eigenvalue weighted by Crippen LogP contribution is -2.77. The molecule has 1 atom stereocenters. The molecule has 118 valence electrons. The first-order valence-corrected chi connectivity index (χ1v) is 9.45. The molecule has 0 aromatic rings. The number of urea groups is 1. The Hall–Kier alpha value is -0.860. The van der Waals surface area contributed by atoms with Crippen LogP contribution in [0.5, 0.6) is 0 Å². The van der Waals surface area contributed by atoms with Gasteiger partial charge in [0.05, 0.1) is 12.3 Å². The van der Waals surface area contributed by atoms with Gasteiger partial charge in [0.1, 0.15) is 0 Å². The lowest BCUT2D eigenvalue weighted by atomic mass is 9.39. The molecular formula is C13H22N4O3S. The van der Waals surface area contributed by atoms with Crippen LogP contribution in [0, 0.1) is 5.41 Å². The second-order valence-corrected chi connectivity index (χ2v) is 9.13. The van der Waals surface area contributed by atoms with Crippen molar-refractivity contribution in [2.75, 3.05) is 39.0 Å². The van der Waals surface area contributed by atoms with Crippen LogP contribution in [-0.2, 0) is 10.0 Å². The smallest absolute Gasteiger partial charge is 0.317 e. The van der Waals surface area contributed by atoms with Crippen molar-refractivity contribution in [2.24, 2.45) is 5.41 Å². The largest absolute Gasteiger partial charge is 0.320 e. The van der Waals surface area contributed by atoms with E-state index in [1.165, 1.54) is 6.26 Å². The zero-order valence-corrected chi connectivity index (χ0v) is 13.1. The summed E-state index contributed by atoms with van der Waals surface area (Å²) in [7, 11) is -3.12. The zero-order chi connectivity index (χ0) is 14.9. The number of carbonyl (C=O) groups excluding carboxylic acids is 1. The molecule has 8 heteroatoms. The Balaban J connectivity index is 1.39. The number of carbonyl (C=O) groups is 1. The molecule has 0 spiro atoms. The van der Waals surface area contributed by atoms with Crippen LogP contribution >= 0.6 is 0 Å². The predicted octanol–water partition coefficient (Wildman–Crippen LogP) is -0.832. The van der Waals surface area contributed by atoms with Gasteiger partial charge in [-0.25, -0.2) is 17.9 Å². The first kappa shape index (κ1) is 13.8. The summed E-state index contributed by atoms with van der Waals surface area (Å²) in [6.45, 7) is 3.91. The summed E-state index contributed by atoms with van der Waals surface area (Å²) in [5, 5.41) is 3.34. The first-order chi connectivity index (χ1) is 9.83. The van der Waals surface area contributed by atoms with Gasteiger partial charge in [0.25, 0.3) is 0 Å². The monoisotopic (exact) mass is 314 g/mol. The summed E-state index contributed by atoms with van der Waals surface area (Å²) < 4.78 is 25.0. The number of piperazine rings is 1. The molecule has 2 bridgehead atoms. The fourth-order valence-electron chi connectivity index (χ4n) is 4.71. The quantitative estimate of drug-likeness (QED) is 0.709. The number of nitrogens with zero attached hydrogens (tertiary/aromatic N) is 2. The van der Waals surface area contributed by atoms with Gasteiger partial charge >= 0.3 is 6.03 Å². The maximum Gasteiger partial charge on any atom is 0.320 e. The van der Waals surface area contributed by atoms with Crippen molar-refractivity contribution >= 4 is 16.1 Å². The summed E-state index contributed by atoms with van der Waals surface area (Å²) in [5.41, 5.74) is 0.123. The molecule has 21 heavy (non-hydrogen) atoms. The van der Waals surface area contributed by atoms with Crippen LogP contribution < -0.4 is 10.0 Å². The first-order valence-electron chi connectivity index (χ1n) is 7.56. The topological polar surface area (TPSA) is 81.8 Å². The van der Waals surface area contributed by atoms with E-state index in [4.69, 9.17) is 0 Å². The molecule has 3 saturated carbocycles. The third kappa shape index (κ3) is 1.99. The summed E-state index contributed by atoms with van der Waals surface area (Å²) >= 11 is 0. The van der Waals surface area contributed by atoms with E-state index < -0.39 is 10.0 Å². The maximum absolute atomic E-state index is 12.5. The van der Waals surface area contributed by atoms with Gasteiger partial charge in [-0.15, -0.1) is 0 Å². The van der Waals surface area contributed by atoms with E-state index in [-0.39, 0.29) is 17.0 Å². The third-order valence-electron chi connectivity index (χ3n) is 5.61. The molecule has 5 aliphatic rings. The molecular weight excluding hydrogens is 292 g/mol. The van der Waals surface area contributed by atoms with E-state index in [1.54, 1.807) is 0 Å². The molecule has 7 nitrogen and oxygen atoms in total. The number of rotatable bonds is 4. The molecule has 2 N–H and O–H groups in total. The van der Waals surface area contributed by atoms with Gasteiger partial charge < -0.3 is 15.1 Å². The molecule has 2 aliphatic heterocycles. The van der Waals surface area contributed by atoms with Gasteiger partial charge in [-0.3, -0.25) is 0 Å². The molecule has 0 radical (unpaired) electrons. The maximum atomic E-state index is 12.5. The van der Waals surface area contributed by atoms with E-state index in [0.29, 0.717) is 12.6 Å². The molecule has 1 unspecified atom stereocenters. The molecule has 5 rings (SSSR count). The van der Waals surface area contributed by atoms with E-state index in [0.717, 1.165) is 45.4 Å². The van der Waals surface area contributed by atoms with E-state index in [2.05, 4.69) is 14.9 Å². The molecule has 2 saturated heterocycles. The molecule has 0 aromatic carbocycles. The highest BCUT2D eigenvalue weighted by atomic mass is 32.2. The minimum Gasteiger partial charge on any atom is -0.317 e. The number of fused-ring (bicyclic) bond motifs is 1. The van der Waals surface area contributed by atoms with Crippen molar-refractivity contribution in [1.82, 2.24) is 19.8 Å².